The molecule has 1 atom stereocenters. The predicted molar refractivity (Wildman–Crippen MR) is 76.5 cm³/mol. The van der Waals surface area contributed by atoms with Crippen molar-refractivity contribution in [2.45, 2.75) is 31.7 Å². The lowest BCUT2D eigenvalue weighted by atomic mass is 9.75. The van der Waals surface area contributed by atoms with Crippen LogP contribution in [0.25, 0.3) is 0 Å². The molecule has 2 N–H and O–H groups in total. The smallest absolute Gasteiger partial charge is 0.192 e. The van der Waals surface area contributed by atoms with E-state index in [1.807, 2.05) is 6.07 Å². The van der Waals surface area contributed by atoms with Gasteiger partial charge < -0.3 is 15.4 Å². The number of benzene rings is 1. The number of hydrogen-bond donors (Lipinski definition) is 1. The fourth-order valence-corrected chi connectivity index (χ4v) is 3.57. The molecule has 0 aromatic heterocycles. The largest absolute Gasteiger partial charge is 0.497 e. The van der Waals surface area contributed by atoms with Crippen molar-refractivity contribution in [2.75, 3.05) is 20.2 Å². The Morgan fingerprint density at radius 3 is 3.05 bits per heavy atom. The number of rotatable bonds is 2. The van der Waals surface area contributed by atoms with Gasteiger partial charge in [-0.2, -0.15) is 0 Å². The van der Waals surface area contributed by atoms with Crippen LogP contribution in [-0.2, 0) is 12.0 Å². The highest BCUT2D eigenvalue weighted by Gasteiger charge is 2.45. The Hall–Kier alpha value is -1.71. The van der Waals surface area contributed by atoms with Crippen LogP contribution in [0.4, 0.5) is 0 Å². The Kier molecular flexibility index (Phi) is 2.88. The molecule has 3 rings (SSSR count). The molecule has 1 unspecified atom stereocenters. The van der Waals surface area contributed by atoms with Gasteiger partial charge in [-0.1, -0.05) is 6.07 Å². The van der Waals surface area contributed by atoms with E-state index in [2.05, 4.69) is 28.9 Å². The second-order valence-electron chi connectivity index (χ2n) is 5.33. The van der Waals surface area contributed by atoms with Gasteiger partial charge >= 0.3 is 0 Å². The number of aryl methyl sites for hydroxylation is 1. The normalized spacial score (nSPS) is 25.4. The molecular formula is C15H21N3O. The number of hydrogen-bond acceptors (Lipinski definition) is 4. The van der Waals surface area contributed by atoms with Crippen molar-refractivity contribution in [1.29, 1.82) is 0 Å². The quantitative estimate of drug-likeness (QED) is 0.882. The molecule has 0 saturated carbocycles. The molecule has 19 heavy (non-hydrogen) atoms. The van der Waals surface area contributed by atoms with Crippen molar-refractivity contribution in [2.24, 2.45) is 10.7 Å². The van der Waals surface area contributed by atoms with Crippen molar-refractivity contribution in [3.05, 3.63) is 29.3 Å². The molecule has 1 spiro atoms. The standard InChI is InChI=1S/C15H21N3O/c1-3-18-14(16)17-10-15(18)8-4-5-11-9-12(19-2)6-7-13(11)15/h6-7,9H,3-5,8,10H2,1-2H3,(H2,16,17). The van der Waals surface area contributed by atoms with Crippen LogP contribution in [0.3, 0.4) is 0 Å². The highest BCUT2D eigenvalue weighted by molar-refractivity contribution is 5.81. The highest BCUT2D eigenvalue weighted by Crippen LogP contribution is 2.43. The van der Waals surface area contributed by atoms with Crippen LogP contribution in [0.15, 0.2) is 23.2 Å². The fourth-order valence-electron chi connectivity index (χ4n) is 3.57. The third kappa shape index (κ3) is 1.70. The molecule has 0 fully saturated rings. The lowest BCUT2D eigenvalue weighted by molar-refractivity contribution is 0.179. The van der Waals surface area contributed by atoms with Crippen LogP contribution < -0.4 is 10.5 Å². The molecule has 4 heteroatoms. The van der Waals surface area contributed by atoms with Gasteiger partial charge in [-0.3, -0.25) is 4.99 Å². The first kappa shape index (κ1) is 12.3. The zero-order chi connectivity index (χ0) is 13.5. The van der Waals surface area contributed by atoms with E-state index in [1.54, 1.807) is 7.11 Å². The first-order valence-corrected chi connectivity index (χ1v) is 6.96. The Balaban J connectivity index is 2.08. The number of likely N-dealkylation sites (N-methyl/N-ethyl adjacent to an activating group) is 1. The van der Waals surface area contributed by atoms with Gasteiger partial charge in [-0.25, -0.2) is 0 Å². The van der Waals surface area contributed by atoms with Crippen LogP contribution >= 0.6 is 0 Å². The molecular weight excluding hydrogens is 238 g/mol. The first-order valence-electron chi connectivity index (χ1n) is 6.96. The summed E-state index contributed by atoms with van der Waals surface area (Å²) in [5.74, 6) is 1.62. The maximum absolute atomic E-state index is 6.06. The summed E-state index contributed by atoms with van der Waals surface area (Å²) < 4.78 is 5.34. The summed E-state index contributed by atoms with van der Waals surface area (Å²) in [6.45, 7) is 3.83. The van der Waals surface area contributed by atoms with Crippen LogP contribution in [0.5, 0.6) is 5.75 Å². The van der Waals surface area contributed by atoms with Crippen molar-refractivity contribution in [1.82, 2.24) is 4.90 Å². The van der Waals surface area contributed by atoms with Gasteiger partial charge in [-0.05, 0) is 49.4 Å². The molecule has 0 radical (unpaired) electrons. The van der Waals surface area contributed by atoms with E-state index in [0.29, 0.717) is 5.96 Å². The SMILES string of the molecule is CCN1C(N)=NCC12CCCc1cc(OC)ccc12. The molecule has 0 bridgehead atoms. The van der Waals surface area contributed by atoms with Crippen LogP contribution in [-0.4, -0.2) is 31.1 Å². The lowest BCUT2D eigenvalue weighted by Crippen LogP contribution is -2.50. The van der Waals surface area contributed by atoms with E-state index in [0.717, 1.165) is 31.7 Å². The van der Waals surface area contributed by atoms with Gasteiger partial charge in [0.25, 0.3) is 0 Å². The summed E-state index contributed by atoms with van der Waals surface area (Å²) in [7, 11) is 1.72. The van der Waals surface area contributed by atoms with E-state index in [4.69, 9.17) is 10.5 Å². The second kappa shape index (κ2) is 4.44. The van der Waals surface area contributed by atoms with Crippen molar-refractivity contribution >= 4 is 5.96 Å². The Labute approximate surface area is 114 Å². The van der Waals surface area contributed by atoms with Crippen molar-refractivity contribution in [3.63, 3.8) is 0 Å². The summed E-state index contributed by atoms with van der Waals surface area (Å²) in [6.07, 6.45) is 3.43. The van der Waals surface area contributed by atoms with Crippen LogP contribution in [0.2, 0.25) is 0 Å². The Bertz CT molecular complexity index is 526. The van der Waals surface area contributed by atoms with E-state index < -0.39 is 0 Å². The number of nitrogens with two attached hydrogens (primary N) is 1. The molecule has 2 aliphatic rings. The minimum absolute atomic E-state index is 0.0152. The fraction of sp³-hybridized carbons (Fsp3) is 0.533. The zero-order valence-electron chi connectivity index (χ0n) is 11.6. The molecule has 1 aliphatic carbocycles. The van der Waals surface area contributed by atoms with Gasteiger partial charge in [0.1, 0.15) is 5.75 Å². The van der Waals surface area contributed by atoms with Gasteiger partial charge in [0.15, 0.2) is 5.96 Å². The molecule has 1 aromatic carbocycles. The molecule has 0 saturated heterocycles. The maximum Gasteiger partial charge on any atom is 0.192 e. The molecule has 0 amide bonds. The maximum atomic E-state index is 6.06. The van der Waals surface area contributed by atoms with E-state index >= 15 is 0 Å². The predicted octanol–water partition coefficient (Wildman–Crippen LogP) is 1.88. The number of ether oxygens (including phenoxy) is 1. The summed E-state index contributed by atoms with van der Waals surface area (Å²) in [5, 5.41) is 0. The van der Waals surface area contributed by atoms with Crippen LogP contribution in [0, 0.1) is 0 Å². The molecule has 1 heterocycles. The number of fused-ring (bicyclic) bond motifs is 2. The van der Waals surface area contributed by atoms with Crippen molar-refractivity contribution < 1.29 is 4.74 Å². The third-order valence-corrected chi connectivity index (χ3v) is 4.46. The first-order chi connectivity index (χ1) is 9.21. The molecule has 102 valence electrons. The molecule has 1 aromatic rings. The van der Waals surface area contributed by atoms with E-state index in [9.17, 15) is 0 Å². The summed E-state index contributed by atoms with van der Waals surface area (Å²) in [5.41, 5.74) is 8.81. The van der Waals surface area contributed by atoms with Gasteiger partial charge in [0, 0.05) is 6.54 Å². The monoisotopic (exact) mass is 259 g/mol. The van der Waals surface area contributed by atoms with Crippen LogP contribution in [0.1, 0.15) is 30.9 Å². The number of aliphatic imine (C=N–C) groups is 1. The average molecular weight is 259 g/mol. The van der Waals surface area contributed by atoms with E-state index in [1.165, 1.54) is 17.5 Å². The zero-order valence-corrected chi connectivity index (χ0v) is 11.6. The minimum Gasteiger partial charge on any atom is -0.497 e. The third-order valence-electron chi connectivity index (χ3n) is 4.46. The molecule has 1 aliphatic heterocycles. The second-order valence-corrected chi connectivity index (χ2v) is 5.33. The number of guanidine groups is 1. The highest BCUT2D eigenvalue weighted by atomic mass is 16.5. The minimum atomic E-state index is -0.0152. The Morgan fingerprint density at radius 2 is 2.32 bits per heavy atom. The van der Waals surface area contributed by atoms with Gasteiger partial charge in [0.2, 0.25) is 0 Å². The molecule has 4 nitrogen and oxygen atoms in total. The summed E-state index contributed by atoms with van der Waals surface area (Å²) in [4.78, 5) is 6.76. The van der Waals surface area contributed by atoms with Gasteiger partial charge in [0.05, 0.1) is 19.2 Å². The lowest BCUT2D eigenvalue weighted by Gasteiger charge is -2.43. The summed E-state index contributed by atoms with van der Waals surface area (Å²) >= 11 is 0. The number of nitrogens with zero attached hydrogens (tertiary/aromatic N) is 2. The Morgan fingerprint density at radius 1 is 1.47 bits per heavy atom. The summed E-state index contributed by atoms with van der Waals surface area (Å²) in [6, 6.07) is 6.41. The van der Waals surface area contributed by atoms with Crippen molar-refractivity contribution in [3.8, 4) is 5.75 Å². The average Bonchev–Trinajstić information content (AvgIpc) is 2.75. The number of methoxy groups -OCH3 is 1. The van der Waals surface area contributed by atoms with Gasteiger partial charge in [-0.15, -0.1) is 0 Å². The topological polar surface area (TPSA) is 50.8 Å². The van der Waals surface area contributed by atoms with E-state index in [-0.39, 0.29) is 5.54 Å².